The highest BCUT2D eigenvalue weighted by molar-refractivity contribution is 5.95. The first-order chi connectivity index (χ1) is 15.8. The van der Waals surface area contributed by atoms with E-state index in [-0.39, 0.29) is 17.4 Å². The van der Waals surface area contributed by atoms with E-state index in [9.17, 15) is 18.0 Å². The van der Waals surface area contributed by atoms with E-state index in [0.29, 0.717) is 0 Å². The molecule has 1 atom stereocenters. The van der Waals surface area contributed by atoms with Gasteiger partial charge in [0.1, 0.15) is 5.82 Å². The molecule has 1 unspecified atom stereocenters. The Hall–Kier alpha value is -3.40. The first-order valence-corrected chi connectivity index (χ1v) is 10.6. The van der Waals surface area contributed by atoms with Gasteiger partial charge in [-0.2, -0.15) is 13.2 Å². The van der Waals surface area contributed by atoms with Crippen LogP contribution in [-0.4, -0.2) is 57.2 Å². The molecule has 1 aliphatic heterocycles. The van der Waals surface area contributed by atoms with Gasteiger partial charge in [0.2, 0.25) is 5.91 Å². The van der Waals surface area contributed by atoms with Crippen molar-refractivity contribution >= 4 is 28.6 Å². The zero-order valence-electron chi connectivity index (χ0n) is 19.3. The maximum Gasteiger partial charge on any atom is 0.490 e. The molecule has 3 aromatic rings. The number of hydrogen-bond donors (Lipinski definition) is 2. The van der Waals surface area contributed by atoms with Gasteiger partial charge in [0.25, 0.3) is 0 Å². The van der Waals surface area contributed by atoms with Gasteiger partial charge in [-0.25, -0.2) is 9.78 Å². The number of carbonyl (C=O) groups excluding carboxylic acids is 1. The molecule has 0 radical (unpaired) electrons. The van der Waals surface area contributed by atoms with Crippen molar-refractivity contribution < 1.29 is 27.9 Å². The Kier molecular flexibility index (Phi) is 7.02. The number of imidazole rings is 1. The topological polar surface area (TPSA) is 87.5 Å². The Labute approximate surface area is 195 Å². The Morgan fingerprint density at radius 3 is 2.32 bits per heavy atom. The second kappa shape index (κ2) is 9.46. The number of halogens is 3. The minimum absolute atomic E-state index is 0.0604. The highest BCUT2D eigenvalue weighted by Gasteiger charge is 2.39. The molecule has 1 fully saturated rings. The molecule has 1 aromatic heterocycles. The highest BCUT2D eigenvalue weighted by Crippen LogP contribution is 2.33. The van der Waals surface area contributed by atoms with E-state index >= 15 is 0 Å². The Morgan fingerprint density at radius 2 is 1.76 bits per heavy atom. The number of alkyl halides is 3. The number of nitrogens with zero attached hydrogens (tertiary/aromatic N) is 3. The molecule has 1 saturated heterocycles. The molecule has 7 nitrogen and oxygen atoms in total. The SMILES string of the molecule is CN1CC(C)(C)CC1C(=O)Nc1cccc(-c2nc3ccccc3n2C)c1.O=C(O)C(F)(F)F. The molecular weight excluding hydrogens is 449 g/mol. The fraction of sp³-hybridized carbons (Fsp3) is 0.375. The van der Waals surface area contributed by atoms with Gasteiger partial charge in [0, 0.05) is 24.8 Å². The Bertz CT molecular complexity index is 1200. The van der Waals surface area contributed by atoms with Crippen LogP contribution in [0, 0.1) is 5.41 Å². The van der Waals surface area contributed by atoms with Crippen LogP contribution in [0.15, 0.2) is 48.5 Å². The van der Waals surface area contributed by atoms with Gasteiger partial charge >= 0.3 is 12.1 Å². The molecule has 182 valence electrons. The van der Waals surface area contributed by atoms with Crippen LogP contribution in [0.3, 0.4) is 0 Å². The largest absolute Gasteiger partial charge is 0.490 e. The van der Waals surface area contributed by atoms with Gasteiger partial charge in [-0.1, -0.05) is 38.1 Å². The number of carboxylic acids is 1. The van der Waals surface area contributed by atoms with Crippen LogP contribution in [0.5, 0.6) is 0 Å². The van der Waals surface area contributed by atoms with Crippen molar-refractivity contribution in [2.75, 3.05) is 18.9 Å². The number of hydrogen-bond acceptors (Lipinski definition) is 4. The zero-order valence-corrected chi connectivity index (χ0v) is 19.3. The van der Waals surface area contributed by atoms with E-state index in [1.54, 1.807) is 0 Å². The second-order valence-corrected chi connectivity index (χ2v) is 9.16. The van der Waals surface area contributed by atoms with Crippen LogP contribution in [-0.2, 0) is 16.6 Å². The fourth-order valence-corrected chi connectivity index (χ4v) is 4.19. The number of fused-ring (bicyclic) bond motifs is 1. The number of carbonyl (C=O) groups is 2. The van der Waals surface area contributed by atoms with Crippen molar-refractivity contribution in [1.82, 2.24) is 14.5 Å². The molecule has 2 N–H and O–H groups in total. The number of carboxylic acid groups (broad SMARTS) is 1. The minimum Gasteiger partial charge on any atom is -0.475 e. The van der Waals surface area contributed by atoms with Gasteiger partial charge in [-0.15, -0.1) is 0 Å². The lowest BCUT2D eigenvalue weighted by atomic mass is 9.90. The molecule has 1 amide bonds. The summed E-state index contributed by atoms with van der Waals surface area (Å²) in [6, 6.07) is 15.9. The third-order valence-electron chi connectivity index (χ3n) is 5.68. The molecule has 0 bridgehead atoms. The first kappa shape index (κ1) is 25.2. The predicted octanol–water partition coefficient (Wildman–Crippen LogP) is 4.54. The van der Waals surface area contributed by atoms with Gasteiger partial charge in [0.05, 0.1) is 17.1 Å². The monoisotopic (exact) mass is 476 g/mol. The van der Waals surface area contributed by atoms with E-state index in [2.05, 4.69) is 34.7 Å². The summed E-state index contributed by atoms with van der Waals surface area (Å²) < 4.78 is 33.8. The summed E-state index contributed by atoms with van der Waals surface area (Å²) in [6.45, 7) is 5.36. The average molecular weight is 476 g/mol. The second-order valence-electron chi connectivity index (χ2n) is 9.16. The fourth-order valence-electron chi connectivity index (χ4n) is 4.19. The molecule has 10 heteroatoms. The standard InChI is InChI=1S/C22H26N4O.C2HF3O2/c1-22(2)13-19(25(3)14-22)21(27)23-16-9-7-8-15(12-16)20-24-17-10-5-6-11-18(17)26(20)4;3-2(4,5)1(6)7/h5-12,19H,13-14H2,1-4H3,(H,23,27);(H,6,7). The molecule has 0 spiro atoms. The minimum atomic E-state index is -5.08. The lowest BCUT2D eigenvalue weighted by Crippen LogP contribution is -2.37. The third-order valence-corrected chi connectivity index (χ3v) is 5.68. The molecular formula is C24H27F3N4O3. The van der Waals surface area contributed by atoms with Gasteiger partial charge in [-0.3, -0.25) is 9.69 Å². The lowest BCUT2D eigenvalue weighted by Gasteiger charge is -2.18. The number of nitrogens with one attached hydrogen (secondary N) is 1. The quantitative estimate of drug-likeness (QED) is 0.580. The van der Waals surface area contributed by atoms with Crippen LogP contribution in [0.4, 0.5) is 18.9 Å². The van der Waals surface area contributed by atoms with Crippen LogP contribution in [0.25, 0.3) is 22.4 Å². The molecule has 4 rings (SSSR count). The summed E-state index contributed by atoms with van der Waals surface area (Å²) in [5, 5.41) is 10.2. The van der Waals surface area contributed by atoms with Crippen molar-refractivity contribution in [3.05, 3.63) is 48.5 Å². The number of para-hydroxylation sites is 2. The number of anilines is 1. The third kappa shape index (κ3) is 5.74. The predicted molar refractivity (Wildman–Crippen MR) is 123 cm³/mol. The summed E-state index contributed by atoms with van der Waals surface area (Å²) in [5.74, 6) is -1.80. The van der Waals surface area contributed by atoms with Crippen molar-refractivity contribution in [1.29, 1.82) is 0 Å². The van der Waals surface area contributed by atoms with E-state index < -0.39 is 12.1 Å². The van der Waals surface area contributed by atoms with E-state index in [0.717, 1.165) is 41.1 Å². The van der Waals surface area contributed by atoms with E-state index in [1.807, 2.05) is 56.6 Å². The summed E-state index contributed by atoms with van der Waals surface area (Å²) in [5.41, 5.74) is 4.04. The first-order valence-electron chi connectivity index (χ1n) is 10.6. The zero-order chi connectivity index (χ0) is 25.3. The number of amides is 1. The number of rotatable bonds is 3. The van der Waals surface area contributed by atoms with Crippen molar-refractivity contribution in [2.45, 2.75) is 32.5 Å². The van der Waals surface area contributed by atoms with Crippen LogP contribution >= 0.6 is 0 Å². The summed E-state index contributed by atoms with van der Waals surface area (Å²) in [7, 11) is 4.04. The van der Waals surface area contributed by atoms with Gasteiger partial charge in [0.15, 0.2) is 0 Å². The van der Waals surface area contributed by atoms with Crippen molar-refractivity contribution in [2.24, 2.45) is 12.5 Å². The van der Waals surface area contributed by atoms with Crippen LogP contribution in [0.2, 0.25) is 0 Å². The number of aromatic nitrogens is 2. The molecule has 1 aliphatic rings. The van der Waals surface area contributed by atoms with Crippen LogP contribution < -0.4 is 5.32 Å². The number of aliphatic carboxylic acids is 1. The van der Waals surface area contributed by atoms with Gasteiger partial charge in [-0.05, 0) is 43.1 Å². The molecule has 2 aromatic carbocycles. The van der Waals surface area contributed by atoms with E-state index in [4.69, 9.17) is 14.9 Å². The Morgan fingerprint density at radius 1 is 1.12 bits per heavy atom. The molecule has 2 heterocycles. The molecule has 0 saturated carbocycles. The maximum atomic E-state index is 12.8. The number of benzene rings is 2. The number of likely N-dealkylation sites (tertiary alicyclic amines) is 1. The normalized spacial score (nSPS) is 17.8. The number of likely N-dealkylation sites (N-methyl/N-ethyl adjacent to an activating group) is 1. The lowest BCUT2D eigenvalue weighted by molar-refractivity contribution is -0.192. The summed E-state index contributed by atoms with van der Waals surface area (Å²) in [6.07, 6.45) is -4.21. The van der Waals surface area contributed by atoms with Crippen LogP contribution in [0.1, 0.15) is 20.3 Å². The van der Waals surface area contributed by atoms with Gasteiger partial charge < -0.3 is 15.0 Å². The van der Waals surface area contributed by atoms with E-state index in [1.165, 1.54) is 0 Å². The summed E-state index contributed by atoms with van der Waals surface area (Å²) in [4.78, 5) is 28.6. The van der Waals surface area contributed by atoms with Crippen molar-refractivity contribution in [3.63, 3.8) is 0 Å². The van der Waals surface area contributed by atoms with Crippen molar-refractivity contribution in [3.8, 4) is 11.4 Å². The highest BCUT2D eigenvalue weighted by atomic mass is 19.4. The smallest absolute Gasteiger partial charge is 0.475 e. The number of aryl methyl sites for hydroxylation is 1. The molecule has 34 heavy (non-hydrogen) atoms. The Balaban J connectivity index is 0.000000406. The molecule has 0 aliphatic carbocycles. The summed E-state index contributed by atoms with van der Waals surface area (Å²) >= 11 is 0. The maximum absolute atomic E-state index is 12.8. The average Bonchev–Trinajstić information content (AvgIpc) is 3.23.